The van der Waals surface area contributed by atoms with Crippen LogP contribution in [0.3, 0.4) is 0 Å². The SMILES string of the molecule is CCCCOC(=O)c1ccc(O[C@@H](C)C(=O)NC(=O)NC(C)C)cc1. The van der Waals surface area contributed by atoms with Crippen molar-refractivity contribution in [3.63, 3.8) is 0 Å². The first-order valence-electron chi connectivity index (χ1n) is 8.38. The van der Waals surface area contributed by atoms with Crippen molar-refractivity contribution in [1.29, 1.82) is 0 Å². The molecule has 0 aliphatic carbocycles. The van der Waals surface area contributed by atoms with Crippen LogP contribution in [0.2, 0.25) is 0 Å². The Bertz CT molecular complexity index is 584. The lowest BCUT2D eigenvalue weighted by Gasteiger charge is -2.15. The van der Waals surface area contributed by atoms with Crippen molar-refractivity contribution in [3.05, 3.63) is 29.8 Å². The van der Waals surface area contributed by atoms with E-state index < -0.39 is 24.0 Å². The number of hydrogen-bond acceptors (Lipinski definition) is 5. The number of amides is 3. The van der Waals surface area contributed by atoms with Crippen LogP contribution in [0.5, 0.6) is 5.75 Å². The van der Waals surface area contributed by atoms with Crippen molar-refractivity contribution in [2.45, 2.75) is 52.7 Å². The molecule has 0 aliphatic heterocycles. The van der Waals surface area contributed by atoms with Crippen LogP contribution >= 0.6 is 0 Å². The van der Waals surface area contributed by atoms with Gasteiger partial charge in [0, 0.05) is 6.04 Å². The standard InChI is InChI=1S/C18H26N2O5/c1-5-6-11-24-17(22)14-7-9-15(10-8-14)25-13(4)16(21)20-18(23)19-12(2)3/h7-10,12-13H,5-6,11H2,1-4H3,(H2,19,20,21,23)/t13-/m0/s1. The largest absolute Gasteiger partial charge is 0.481 e. The monoisotopic (exact) mass is 350 g/mol. The van der Waals surface area contributed by atoms with E-state index in [1.54, 1.807) is 38.1 Å². The van der Waals surface area contributed by atoms with Crippen LogP contribution in [0.4, 0.5) is 4.79 Å². The van der Waals surface area contributed by atoms with Crippen LogP contribution in [0.1, 0.15) is 50.9 Å². The van der Waals surface area contributed by atoms with Gasteiger partial charge >= 0.3 is 12.0 Å². The topological polar surface area (TPSA) is 93.7 Å². The maximum atomic E-state index is 11.9. The van der Waals surface area contributed by atoms with E-state index in [0.29, 0.717) is 17.9 Å². The van der Waals surface area contributed by atoms with E-state index in [2.05, 4.69) is 10.6 Å². The molecular formula is C18H26N2O5. The zero-order valence-electron chi connectivity index (χ0n) is 15.1. The minimum Gasteiger partial charge on any atom is -0.481 e. The minimum atomic E-state index is -0.861. The van der Waals surface area contributed by atoms with Gasteiger partial charge in [-0.2, -0.15) is 0 Å². The summed E-state index contributed by atoms with van der Waals surface area (Å²) in [5, 5.41) is 4.76. The molecule has 0 bridgehead atoms. The number of carbonyl (C=O) groups excluding carboxylic acids is 3. The third-order valence-electron chi connectivity index (χ3n) is 3.16. The van der Waals surface area contributed by atoms with Gasteiger partial charge in [0.25, 0.3) is 5.91 Å². The molecule has 0 fully saturated rings. The summed E-state index contributed by atoms with van der Waals surface area (Å²) in [6.45, 7) is 7.52. The number of esters is 1. The summed E-state index contributed by atoms with van der Waals surface area (Å²) in [6.07, 6.45) is 0.916. The molecule has 0 unspecified atom stereocenters. The van der Waals surface area contributed by atoms with E-state index in [0.717, 1.165) is 12.8 Å². The highest BCUT2D eigenvalue weighted by Crippen LogP contribution is 2.15. The zero-order chi connectivity index (χ0) is 18.8. The second-order valence-electron chi connectivity index (χ2n) is 5.89. The van der Waals surface area contributed by atoms with Gasteiger partial charge in [0.15, 0.2) is 6.10 Å². The maximum absolute atomic E-state index is 11.9. The van der Waals surface area contributed by atoms with Gasteiger partial charge in [0.05, 0.1) is 12.2 Å². The number of hydrogen-bond donors (Lipinski definition) is 2. The fraction of sp³-hybridized carbons (Fsp3) is 0.500. The molecule has 0 radical (unpaired) electrons. The van der Waals surface area contributed by atoms with E-state index in [1.165, 1.54) is 6.92 Å². The molecule has 2 N–H and O–H groups in total. The summed E-state index contributed by atoms with van der Waals surface area (Å²) in [5.74, 6) is -0.533. The highest BCUT2D eigenvalue weighted by molar-refractivity contribution is 5.96. The Hall–Kier alpha value is -2.57. The van der Waals surface area contributed by atoms with Crippen LogP contribution in [0, 0.1) is 0 Å². The lowest BCUT2D eigenvalue weighted by molar-refractivity contribution is -0.126. The Balaban J connectivity index is 2.52. The summed E-state index contributed by atoms with van der Waals surface area (Å²) >= 11 is 0. The highest BCUT2D eigenvalue weighted by Gasteiger charge is 2.18. The van der Waals surface area contributed by atoms with Gasteiger partial charge in [0.1, 0.15) is 5.75 Å². The lowest BCUT2D eigenvalue weighted by Crippen LogP contribution is -2.46. The van der Waals surface area contributed by atoms with Gasteiger partial charge in [-0.05, 0) is 51.5 Å². The number of carbonyl (C=O) groups is 3. The van der Waals surface area contributed by atoms with Crippen molar-refractivity contribution >= 4 is 17.9 Å². The van der Waals surface area contributed by atoms with Crippen molar-refractivity contribution in [2.24, 2.45) is 0 Å². The van der Waals surface area contributed by atoms with Gasteiger partial charge < -0.3 is 14.8 Å². The minimum absolute atomic E-state index is 0.0753. The van der Waals surface area contributed by atoms with E-state index in [-0.39, 0.29) is 6.04 Å². The van der Waals surface area contributed by atoms with Crippen LogP contribution < -0.4 is 15.4 Å². The normalized spacial score (nSPS) is 11.6. The Morgan fingerprint density at radius 3 is 2.28 bits per heavy atom. The van der Waals surface area contributed by atoms with E-state index in [4.69, 9.17) is 9.47 Å². The number of imide groups is 1. The first-order valence-corrected chi connectivity index (χ1v) is 8.38. The highest BCUT2D eigenvalue weighted by atomic mass is 16.5. The molecule has 0 heterocycles. The molecule has 7 heteroatoms. The molecule has 3 amide bonds. The second kappa shape index (κ2) is 10.3. The van der Waals surface area contributed by atoms with Gasteiger partial charge in [-0.25, -0.2) is 9.59 Å². The average Bonchev–Trinajstić information content (AvgIpc) is 2.54. The van der Waals surface area contributed by atoms with E-state index >= 15 is 0 Å². The molecule has 25 heavy (non-hydrogen) atoms. The first-order chi connectivity index (χ1) is 11.8. The smallest absolute Gasteiger partial charge is 0.338 e. The number of unbranched alkanes of at least 4 members (excludes halogenated alkanes) is 1. The van der Waals surface area contributed by atoms with Gasteiger partial charge in [-0.15, -0.1) is 0 Å². The average molecular weight is 350 g/mol. The van der Waals surface area contributed by atoms with Crippen molar-refractivity contribution in [3.8, 4) is 5.75 Å². The van der Waals surface area contributed by atoms with Crippen molar-refractivity contribution in [2.75, 3.05) is 6.61 Å². The predicted molar refractivity (Wildman–Crippen MR) is 93.5 cm³/mol. The molecule has 7 nitrogen and oxygen atoms in total. The summed E-state index contributed by atoms with van der Waals surface area (Å²) in [6, 6.07) is 5.65. The molecular weight excluding hydrogens is 324 g/mol. The second-order valence-corrected chi connectivity index (χ2v) is 5.89. The number of ether oxygens (including phenoxy) is 2. The number of rotatable bonds is 8. The molecule has 0 aliphatic rings. The lowest BCUT2D eigenvalue weighted by atomic mass is 10.2. The number of benzene rings is 1. The predicted octanol–water partition coefficient (Wildman–Crippen LogP) is 2.65. The van der Waals surface area contributed by atoms with Crippen LogP contribution in [-0.2, 0) is 9.53 Å². The summed E-state index contributed by atoms with van der Waals surface area (Å²) in [7, 11) is 0. The quantitative estimate of drug-likeness (QED) is 0.555. The Labute approximate surface area is 148 Å². The summed E-state index contributed by atoms with van der Waals surface area (Å²) in [5.41, 5.74) is 0.414. The molecule has 0 spiro atoms. The molecule has 1 aromatic rings. The van der Waals surface area contributed by atoms with Gasteiger partial charge in [0.2, 0.25) is 0 Å². The molecule has 0 aromatic heterocycles. The Morgan fingerprint density at radius 1 is 1.08 bits per heavy atom. The maximum Gasteiger partial charge on any atom is 0.338 e. The third-order valence-corrected chi connectivity index (χ3v) is 3.16. The molecule has 0 saturated carbocycles. The van der Waals surface area contributed by atoms with Crippen molar-refractivity contribution in [1.82, 2.24) is 10.6 Å². The van der Waals surface area contributed by atoms with Crippen LogP contribution in [0.15, 0.2) is 24.3 Å². The third kappa shape index (κ3) is 7.69. The fourth-order valence-electron chi connectivity index (χ4n) is 1.83. The summed E-state index contributed by atoms with van der Waals surface area (Å²) in [4.78, 5) is 35.2. The number of nitrogens with one attached hydrogen (secondary N) is 2. The first kappa shape index (κ1) is 20.5. The number of urea groups is 1. The van der Waals surface area contributed by atoms with Crippen LogP contribution in [0.25, 0.3) is 0 Å². The molecule has 1 rings (SSSR count). The Kier molecular flexibility index (Phi) is 8.46. The van der Waals surface area contributed by atoms with Gasteiger partial charge in [-0.1, -0.05) is 13.3 Å². The van der Waals surface area contributed by atoms with E-state index in [1.807, 2.05) is 6.92 Å². The Morgan fingerprint density at radius 2 is 1.72 bits per heavy atom. The fourth-order valence-corrected chi connectivity index (χ4v) is 1.83. The zero-order valence-corrected chi connectivity index (χ0v) is 15.1. The molecule has 1 atom stereocenters. The van der Waals surface area contributed by atoms with Crippen molar-refractivity contribution < 1.29 is 23.9 Å². The van der Waals surface area contributed by atoms with Gasteiger partial charge in [-0.3, -0.25) is 10.1 Å². The summed E-state index contributed by atoms with van der Waals surface area (Å²) < 4.78 is 10.6. The molecule has 138 valence electrons. The molecule has 1 aromatic carbocycles. The molecule has 0 saturated heterocycles. The van der Waals surface area contributed by atoms with Crippen LogP contribution in [-0.4, -0.2) is 36.7 Å². The van der Waals surface area contributed by atoms with E-state index in [9.17, 15) is 14.4 Å².